The van der Waals surface area contributed by atoms with Gasteiger partial charge in [-0.15, -0.1) is 0 Å². The van der Waals surface area contributed by atoms with E-state index in [1.54, 1.807) is 0 Å². The summed E-state index contributed by atoms with van der Waals surface area (Å²) in [5, 5.41) is 5.14. The molecule has 0 bridgehead atoms. The quantitative estimate of drug-likeness (QED) is 0.518. The van der Waals surface area contributed by atoms with E-state index in [1.807, 2.05) is 48.5 Å². The van der Waals surface area contributed by atoms with Crippen LogP contribution in [0.25, 0.3) is 22.3 Å². The molecule has 4 rings (SSSR count). The summed E-state index contributed by atoms with van der Waals surface area (Å²) in [4.78, 5) is 16.1. The number of nitrogens with zero attached hydrogens (tertiary/aromatic N) is 5. The molecule has 0 aliphatic rings. The van der Waals surface area contributed by atoms with Crippen LogP contribution in [-0.4, -0.2) is 33.2 Å². The van der Waals surface area contributed by atoms with Gasteiger partial charge in [0, 0.05) is 23.9 Å². The van der Waals surface area contributed by atoms with E-state index in [4.69, 9.17) is 15.2 Å². The van der Waals surface area contributed by atoms with Crippen molar-refractivity contribution in [1.29, 1.82) is 0 Å². The third kappa shape index (κ3) is 4.09. The maximum absolute atomic E-state index is 5.73. The standard InChI is InChI=1S/C22H24N6O/c1-3-28(14-20-26-21(27-29-20)16-10-8-15(2)9-11-16)22-17-6-4-5-7-18(17)24-19(25-22)12-13-23/h4-11H,3,12-14,23H2,1-2H3. The van der Waals surface area contributed by atoms with Crippen molar-refractivity contribution in [3.63, 3.8) is 0 Å². The fraction of sp³-hybridized carbons (Fsp3) is 0.273. The second-order valence-corrected chi connectivity index (χ2v) is 6.91. The van der Waals surface area contributed by atoms with Crippen molar-refractivity contribution in [1.82, 2.24) is 20.1 Å². The fourth-order valence-electron chi connectivity index (χ4n) is 3.23. The van der Waals surface area contributed by atoms with E-state index in [1.165, 1.54) is 5.56 Å². The molecule has 0 saturated heterocycles. The Bertz CT molecular complexity index is 1110. The van der Waals surface area contributed by atoms with Crippen molar-refractivity contribution in [3.8, 4) is 11.4 Å². The van der Waals surface area contributed by atoms with Crippen LogP contribution in [0.2, 0.25) is 0 Å². The Morgan fingerprint density at radius 1 is 1.00 bits per heavy atom. The van der Waals surface area contributed by atoms with E-state index in [2.05, 4.69) is 33.9 Å². The zero-order valence-electron chi connectivity index (χ0n) is 16.7. The summed E-state index contributed by atoms with van der Waals surface area (Å²) in [5.74, 6) is 2.74. The highest BCUT2D eigenvalue weighted by Gasteiger charge is 2.17. The molecule has 0 radical (unpaired) electrons. The maximum Gasteiger partial charge on any atom is 0.246 e. The molecule has 0 aliphatic carbocycles. The number of para-hydroxylation sites is 1. The summed E-state index contributed by atoms with van der Waals surface area (Å²) in [7, 11) is 0. The monoisotopic (exact) mass is 388 g/mol. The lowest BCUT2D eigenvalue weighted by molar-refractivity contribution is 0.377. The first-order valence-corrected chi connectivity index (χ1v) is 9.78. The van der Waals surface area contributed by atoms with Crippen molar-refractivity contribution in [3.05, 3.63) is 65.8 Å². The number of benzene rings is 2. The summed E-state index contributed by atoms with van der Waals surface area (Å²) in [6, 6.07) is 16.1. The molecule has 0 amide bonds. The summed E-state index contributed by atoms with van der Waals surface area (Å²) in [6.45, 7) is 5.85. The Morgan fingerprint density at radius 2 is 1.79 bits per heavy atom. The lowest BCUT2D eigenvalue weighted by Crippen LogP contribution is -2.24. The van der Waals surface area contributed by atoms with Crippen LogP contribution in [0.5, 0.6) is 0 Å². The van der Waals surface area contributed by atoms with Gasteiger partial charge in [0.25, 0.3) is 0 Å². The minimum atomic E-state index is 0.471. The van der Waals surface area contributed by atoms with E-state index < -0.39 is 0 Å². The van der Waals surface area contributed by atoms with Crippen molar-refractivity contribution in [2.24, 2.45) is 5.73 Å². The number of hydrogen-bond donors (Lipinski definition) is 1. The molecule has 0 aliphatic heterocycles. The summed E-state index contributed by atoms with van der Waals surface area (Å²) in [5.41, 5.74) is 8.76. The van der Waals surface area contributed by atoms with Gasteiger partial charge in [0.15, 0.2) is 0 Å². The predicted molar refractivity (Wildman–Crippen MR) is 113 cm³/mol. The van der Waals surface area contributed by atoms with Gasteiger partial charge in [-0.05, 0) is 32.5 Å². The van der Waals surface area contributed by atoms with Crippen molar-refractivity contribution in [2.45, 2.75) is 26.8 Å². The first-order chi connectivity index (χ1) is 14.2. The smallest absolute Gasteiger partial charge is 0.246 e. The highest BCUT2D eigenvalue weighted by Crippen LogP contribution is 2.25. The molecule has 2 aromatic heterocycles. The highest BCUT2D eigenvalue weighted by atomic mass is 16.5. The number of hydrogen-bond acceptors (Lipinski definition) is 7. The topological polar surface area (TPSA) is 94.0 Å². The highest BCUT2D eigenvalue weighted by molar-refractivity contribution is 5.89. The number of aryl methyl sites for hydroxylation is 1. The van der Waals surface area contributed by atoms with Crippen LogP contribution < -0.4 is 10.6 Å². The second kappa shape index (κ2) is 8.36. The molecule has 0 saturated carbocycles. The van der Waals surface area contributed by atoms with Gasteiger partial charge in [0.05, 0.1) is 12.1 Å². The van der Waals surface area contributed by atoms with Crippen LogP contribution in [0, 0.1) is 6.92 Å². The van der Waals surface area contributed by atoms with Crippen molar-refractivity contribution < 1.29 is 4.52 Å². The molecule has 0 fully saturated rings. The maximum atomic E-state index is 5.73. The first kappa shape index (κ1) is 19.0. The van der Waals surface area contributed by atoms with Crippen LogP contribution in [0.1, 0.15) is 24.2 Å². The molecule has 2 aromatic carbocycles. The zero-order valence-corrected chi connectivity index (χ0v) is 16.7. The second-order valence-electron chi connectivity index (χ2n) is 6.91. The van der Waals surface area contributed by atoms with Gasteiger partial charge in [-0.3, -0.25) is 0 Å². The molecule has 7 heteroatoms. The number of fused-ring (bicyclic) bond motifs is 1. The Morgan fingerprint density at radius 3 is 2.55 bits per heavy atom. The van der Waals surface area contributed by atoms with E-state index >= 15 is 0 Å². The molecule has 7 nitrogen and oxygen atoms in total. The van der Waals surface area contributed by atoms with E-state index in [0.29, 0.717) is 31.2 Å². The van der Waals surface area contributed by atoms with Crippen LogP contribution >= 0.6 is 0 Å². The number of rotatable bonds is 7. The van der Waals surface area contributed by atoms with Gasteiger partial charge < -0.3 is 15.2 Å². The van der Waals surface area contributed by atoms with E-state index in [9.17, 15) is 0 Å². The number of anilines is 1. The Balaban J connectivity index is 1.65. The third-order valence-corrected chi connectivity index (χ3v) is 4.78. The summed E-state index contributed by atoms with van der Waals surface area (Å²) in [6.07, 6.45) is 0.632. The lowest BCUT2D eigenvalue weighted by Gasteiger charge is -2.22. The normalized spacial score (nSPS) is 11.1. The minimum absolute atomic E-state index is 0.471. The van der Waals surface area contributed by atoms with Gasteiger partial charge in [0.2, 0.25) is 11.7 Å². The Labute approximate surface area is 169 Å². The fourth-order valence-corrected chi connectivity index (χ4v) is 3.23. The first-order valence-electron chi connectivity index (χ1n) is 9.78. The van der Waals surface area contributed by atoms with Crippen molar-refractivity contribution in [2.75, 3.05) is 18.0 Å². The molecule has 2 N–H and O–H groups in total. The molecule has 2 heterocycles. The lowest BCUT2D eigenvalue weighted by atomic mass is 10.1. The molecule has 0 unspecified atom stereocenters. The van der Waals surface area contributed by atoms with Crippen LogP contribution in [0.3, 0.4) is 0 Å². The van der Waals surface area contributed by atoms with E-state index in [0.717, 1.165) is 34.7 Å². The summed E-state index contributed by atoms with van der Waals surface area (Å²) < 4.78 is 5.53. The van der Waals surface area contributed by atoms with Crippen LogP contribution in [0.15, 0.2) is 53.1 Å². The largest absolute Gasteiger partial charge is 0.347 e. The average Bonchev–Trinajstić information content (AvgIpc) is 3.21. The average molecular weight is 388 g/mol. The Kier molecular flexibility index (Phi) is 5.48. The minimum Gasteiger partial charge on any atom is -0.347 e. The molecular formula is C22H24N6O. The molecular weight excluding hydrogens is 364 g/mol. The molecule has 4 aromatic rings. The van der Waals surface area contributed by atoms with Crippen molar-refractivity contribution >= 4 is 16.7 Å². The molecule has 0 atom stereocenters. The van der Waals surface area contributed by atoms with Gasteiger partial charge in [0.1, 0.15) is 11.6 Å². The molecule has 0 spiro atoms. The van der Waals surface area contributed by atoms with Gasteiger partial charge >= 0.3 is 0 Å². The Hall–Kier alpha value is -3.32. The number of nitrogens with two attached hydrogens (primary N) is 1. The van der Waals surface area contributed by atoms with E-state index in [-0.39, 0.29) is 0 Å². The van der Waals surface area contributed by atoms with Gasteiger partial charge in [-0.25, -0.2) is 9.97 Å². The molecule has 29 heavy (non-hydrogen) atoms. The summed E-state index contributed by atoms with van der Waals surface area (Å²) >= 11 is 0. The van der Waals surface area contributed by atoms with Gasteiger partial charge in [-0.2, -0.15) is 4.98 Å². The number of aromatic nitrogens is 4. The molecule has 148 valence electrons. The SMILES string of the molecule is CCN(Cc1nc(-c2ccc(C)cc2)no1)c1nc(CCN)nc2ccccc12. The predicted octanol–water partition coefficient (Wildman–Crippen LogP) is 3.52. The van der Waals surface area contributed by atoms with Crippen LogP contribution in [-0.2, 0) is 13.0 Å². The zero-order chi connectivity index (χ0) is 20.2. The van der Waals surface area contributed by atoms with Gasteiger partial charge in [-0.1, -0.05) is 47.1 Å². The third-order valence-electron chi connectivity index (χ3n) is 4.78. The van der Waals surface area contributed by atoms with Crippen LogP contribution in [0.4, 0.5) is 5.82 Å².